The smallest absolute Gasteiger partial charge is 0.395 e. The molecule has 4 nitrogen and oxygen atoms in total. The van der Waals surface area contributed by atoms with Crippen molar-refractivity contribution in [2.45, 2.75) is 6.18 Å². The highest BCUT2D eigenvalue weighted by atomic mass is 32.1. The maximum atomic E-state index is 13.0. The van der Waals surface area contributed by atoms with Gasteiger partial charge in [-0.05, 0) is 18.2 Å². The third-order valence-corrected chi connectivity index (χ3v) is 2.90. The monoisotopic (exact) mass is 308 g/mol. The molecule has 0 aromatic heterocycles. The number of nitrogens with two attached hydrogens (primary N) is 1. The molecule has 8 heteroatoms. The summed E-state index contributed by atoms with van der Waals surface area (Å²) in [5.74, 6) is 0. The molecule has 1 rings (SSSR count). The molecule has 112 valence electrons. The van der Waals surface area contributed by atoms with Crippen molar-refractivity contribution >= 4 is 22.9 Å². The van der Waals surface area contributed by atoms with Crippen molar-refractivity contribution in [2.24, 2.45) is 5.73 Å². The lowest BCUT2D eigenvalue weighted by molar-refractivity contribution is -0.137. The molecule has 0 aliphatic carbocycles. The van der Waals surface area contributed by atoms with Gasteiger partial charge in [0.1, 0.15) is 4.99 Å². The molecule has 0 atom stereocenters. The Labute approximate surface area is 119 Å². The second kappa shape index (κ2) is 6.87. The Morgan fingerprint density at radius 1 is 1.20 bits per heavy atom. The lowest BCUT2D eigenvalue weighted by Crippen LogP contribution is -2.30. The summed E-state index contributed by atoms with van der Waals surface area (Å²) >= 11 is 4.61. The van der Waals surface area contributed by atoms with E-state index in [1.54, 1.807) is 0 Å². The van der Waals surface area contributed by atoms with Crippen LogP contribution in [-0.2, 0) is 6.18 Å². The number of nitrogens with zero attached hydrogens (tertiary/aromatic N) is 1. The number of rotatable bonds is 6. The summed E-state index contributed by atoms with van der Waals surface area (Å²) < 4.78 is 39.0. The van der Waals surface area contributed by atoms with Crippen molar-refractivity contribution in [1.29, 1.82) is 0 Å². The summed E-state index contributed by atoms with van der Waals surface area (Å²) in [7, 11) is 0. The highest BCUT2D eigenvalue weighted by molar-refractivity contribution is 7.80. The van der Waals surface area contributed by atoms with Crippen LogP contribution in [-0.4, -0.2) is 41.5 Å². The zero-order valence-corrected chi connectivity index (χ0v) is 11.3. The molecule has 0 radical (unpaired) electrons. The number of alkyl halides is 3. The van der Waals surface area contributed by atoms with E-state index >= 15 is 0 Å². The van der Waals surface area contributed by atoms with Gasteiger partial charge in [-0.15, -0.1) is 0 Å². The molecule has 0 unspecified atom stereocenters. The zero-order valence-electron chi connectivity index (χ0n) is 10.5. The molecule has 1 aromatic carbocycles. The van der Waals surface area contributed by atoms with Crippen LogP contribution in [0.4, 0.5) is 18.9 Å². The van der Waals surface area contributed by atoms with Crippen molar-refractivity contribution in [1.82, 2.24) is 0 Å². The minimum Gasteiger partial charge on any atom is -0.395 e. The van der Waals surface area contributed by atoms with Crippen LogP contribution < -0.4 is 10.6 Å². The second-order valence-electron chi connectivity index (χ2n) is 4.03. The van der Waals surface area contributed by atoms with Gasteiger partial charge in [-0.25, -0.2) is 0 Å². The minimum atomic E-state index is -4.58. The number of anilines is 1. The van der Waals surface area contributed by atoms with Crippen LogP contribution in [0.1, 0.15) is 11.1 Å². The third kappa shape index (κ3) is 4.06. The van der Waals surface area contributed by atoms with E-state index in [0.29, 0.717) is 0 Å². The lowest BCUT2D eigenvalue weighted by atomic mass is 10.1. The van der Waals surface area contributed by atoms with E-state index in [2.05, 4.69) is 12.2 Å². The molecule has 0 amide bonds. The van der Waals surface area contributed by atoms with Crippen LogP contribution in [0.15, 0.2) is 18.2 Å². The first kappa shape index (κ1) is 16.7. The number of hydrogen-bond acceptors (Lipinski definition) is 4. The Balaban J connectivity index is 3.27. The Kier molecular flexibility index (Phi) is 5.73. The van der Waals surface area contributed by atoms with Crippen LogP contribution in [0.5, 0.6) is 0 Å². The van der Waals surface area contributed by atoms with Crippen LogP contribution in [0.25, 0.3) is 0 Å². The molecule has 4 N–H and O–H groups in total. The first-order chi connectivity index (χ1) is 9.31. The normalized spacial score (nSPS) is 11.4. The van der Waals surface area contributed by atoms with Crippen LogP contribution in [0.2, 0.25) is 0 Å². The maximum absolute atomic E-state index is 13.0. The van der Waals surface area contributed by atoms with Crippen LogP contribution in [0, 0.1) is 0 Å². The van der Waals surface area contributed by atoms with Gasteiger partial charge in [-0.3, -0.25) is 0 Å². The highest BCUT2D eigenvalue weighted by Gasteiger charge is 2.34. The van der Waals surface area contributed by atoms with Crippen molar-refractivity contribution in [3.8, 4) is 0 Å². The molecule has 0 spiro atoms. The fourth-order valence-corrected chi connectivity index (χ4v) is 1.97. The zero-order chi connectivity index (χ0) is 15.3. The summed E-state index contributed by atoms with van der Waals surface area (Å²) in [6.45, 7) is -0.245. The fourth-order valence-electron chi connectivity index (χ4n) is 1.79. The van der Waals surface area contributed by atoms with Gasteiger partial charge < -0.3 is 20.8 Å². The highest BCUT2D eigenvalue weighted by Crippen LogP contribution is 2.34. The largest absolute Gasteiger partial charge is 0.417 e. The van der Waals surface area contributed by atoms with E-state index in [1.807, 2.05) is 0 Å². The van der Waals surface area contributed by atoms with Crippen molar-refractivity contribution in [3.63, 3.8) is 0 Å². The first-order valence-corrected chi connectivity index (χ1v) is 6.19. The van der Waals surface area contributed by atoms with Gasteiger partial charge in [0.25, 0.3) is 0 Å². The summed E-state index contributed by atoms with van der Waals surface area (Å²) in [5, 5.41) is 17.8. The van der Waals surface area contributed by atoms with Gasteiger partial charge in [0.05, 0.1) is 18.8 Å². The van der Waals surface area contributed by atoms with Gasteiger partial charge in [0, 0.05) is 24.3 Å². The standard InChI is InChI=1S/C12H15F3N2O2S/c13-12(14,15)10-7-8(1-2-9(10)11(16)20)17(3-5-18)4-6-19/h1-2,7,18-19H,3-6H2,(H2,16,20). The predicted molar refractivity (Wildman–Crippen MR) is 73.7 cm³/mol. The number of aliphatic hydroxyl groups is 2. The lowest BCUT2D eigenvalue weighted by Gasteiger charge is -2.24. The van der Waals surface area contributed by atoms with Gasteiger partial charge >= 0.3 is 6.18 Å². The number of hydrogen-bond donors (Lipinski definition) is 3. The third-order valence-electron chi connectivity index (χ3n) is 2.68. The number of benzene rings is 1. The van der Waals surface area contributed by atoms with Crippen molar-refractivity contribution in [2.75, 3.05) is 31.2 Å². The average Bonchev–Trinajstić information content (AvgIpc) is 2.36. The number of aliphatic hydroxyl groups excluding tert-OH is 2. The van der Waals surface area contributed by atoms with Crippen LogP contribution in [0.3, 0.4) is 0 Å². The molecule has 0 heterocycles. The van der Waals surface area contributed by atoms with E-state index in [9.17, 15) is 13.2 Å². The molecule has 0 saturated carbocycles. The number of thiocarbonyl (C=S) groups is 1. The van der Waals surface area contributed by atoms with E-state index in [4.69, 9.17) is 15.9 Å². The molecule has 1 aromatic rings. The van der Waals surface area contributed by atoms with Gasteiger partial charge in [0.2, 0.25) is 0 Å². The summed E-state index contributed by atoms with van der Waals surface area (Å²) in [5.41, 5.74) is 4.36. The van der Waals surface area contributed by atoms with Gasteiger partial charge in [0.15, 0.2) is 0 Å². The molecule has 0 aliphatic rings. The summed E-state index contributed by atoms with van der Waals surface area (Å²) in [6, 6.07) is 3.54. The summed E-state index contributed by atoms with van der Waals surface area (Å²) in [6.07, 6.45) is -4.58. The van der Waals surface area contributed by atoms with Crippen molar-refractivity contribution in [3.05, 3.63) is 29.3 Å². The van der Waals surface area contributed by atoms with E-state index < -0.39 is 11.7 Å². The Bertz CT molecular complexity index is 474. The maximum Gasteiger partial charge on any atom is 0.417 e. The van der Waals surface area contributed by atoms with E-state index in [0.717, 1.165) is 6.07 Å². The predicted octanol–water partition coefficient (Wildman–Crippen LogP) is 1.13. The molecular formula is C12H15F3N2O2S. The first-order valence-electron chi connectivity index (χ1n) is 5.79. The number of halogens is 3. The molecule has 20 heavy (non-hydrogen) atoms. The van der Waals surface area contributed by atoms with E-state index in [-0.39, 0.29) is 42.5 Å². The van der Waals surface area contributed by atoms with Gasteiger partial charge in [-0.1, -0.05) is 12.2 Å². The average molecular weight is 308 g/mol. The topological polar surface area (TPSA) is 69.7 Å². The fraction of sp³-hybridized carbons (Fsp3) is 0.417. The second-order valence-corrected chi connectivity index (χ2v) is 4.47. The Morgan fingerprint density at radius 2 is 1.75 bits per heavy atom. The molecular weight excluding hydrogens is 293 g/mol. The van der Waals surface area contributed by atoms with E-state index in [1.165, 1.54) is 17.0 Å². The Morgan fingerprint density at radius 3 is 2.15 bits per heavy atom. The van der Waals surface area contributed by atoms with Crippen molar-refractivity contribution < 1.29 is 23.4 Å². The van der Waals surface area contributed by atoms with Crippen LogP contribution >= 0.6 is 12.2 Å². The summed E-state index contributed by atoms with van der Waals surface area (Å²) in [4.78, 5) is 1.11. The SMILES string of the molecule is NC(=S)c1ccc(N(CCO)CCO)cc1C(F)(F)F. The molecule has 0 saturated heterocycles. The molecule has 0 fully saturated rings. The van der Waals surface area contributed by atoms with Gasteiger partial charge in [-0.2, -0.15) is 13.2 Å². The quantitative estimate of drug-likeness (QED) is 0.687. The minimum absolute atomic E-state index is 0.115. The molecule has 0 aliphatic heterocycles. The molecule has 0 bridgehead atoms. The Hall–Kier alpha value is -1.38.